The van der Waals surface area contributed by atoms with Gasteiger partial charge in [-0.2, -0.15) is 0 Å². The molecule has 6 heteroatoms. The number of nitrogens with one attached hydrogen (secondary N) is 2. The number of halogens is 2. The molecule has 19 heavy (non-hydrogen) atoms. The van der Waals surface area contributed by atoms with E-state index in [1.807, 2.05) is 0 Å². The summed E-state index contributed by atoms with van der Waals surface area (Å²) in [6.45, 7) is 2.32. The zero-order chi connectivity index (χ0) is 13.5. The third-order valence-corrected chi connectivity index (χ3v) is 2.65. The lowest BCUT2D eigenvalue weighted by molar-refractivity contribution is -0.121. The van der Waals surface area contributed by atoms with Gasteiger partial charge in [-0.25, -0.2) is 4.39 Å². The average Bonchev–Trinajstić information content (AvgIpc) is 2.35. The molecule has 1 amide bonds. The summed E-state index contributed by atoms with van der Waals surface area (Å²) < 4.78 is 18.9. The zero-order valence-corrected chi connectivity index (χ0v) is 12.1. The summed E-state index contributed by atoms with van der Waals surface area (Å²) in [6, 6.07) is 4.18. The van der Waals surface area contributed by atoms with E-state index in [-0.39, 0.29) is 24.1 Å². The smallest absolute Gasteiger partial charge is 0.221 e. The molecule has 0 bridgehead atoms. The molecule has 0 saturated carbocycles. The fourth-order valence-electron chi connectivity index (χ4n) is 1.74. The second kappa shape index (κ2) is 8.72. The first-order valence-corrected chi connectivity index (χ1v) is 5.86. The molecule has 0 spiro atoms. The molecule has 108 valence electrons. The maximum absolute atomic E-state index is 13.7. The van der Waals surface area contributed by atoms with E-state index in [2.05, 4.69) is 10.6 Å². The van der Waals surface area contributed by atoms with Gasteiger partial charge in [0.1, 0.15) is 11.6 Å². The van der Waals surface area contributed by atoms with Gasteiger partial charge in [-0.15, -0.1) is 12.4 Å². The van der Waals surface area contributed by atoms with E-state index in [1.165, 1.54) is 13.2 Å². The molecule has 2 N–H and O–H groups in total. The van der Waals surface area contributed by atoms with Crippen molar-refractivity contribution in [2.45, 2.75) is 19.4 Å². The van der Waals surface area contributed by atoms with E-state index in [0.29, 0.717) is 24.3 Å². The minimum absolute atomic E-state index is 0. The molecule has 0 aliphatic carbocycles. The Labute approximate surface area is 119 Å². The predicted octanol–water partition coefficient (Wildman–Crippen LogP) is 2.04. The van der Waals surface area contributed by atoms with Crippen LogP contribution in [0.3, 0.4) is 0 Å². The van der Waals surface area contributed by atoms with E-state index >= 15 is 0 Å². The highest BCUT2D eigenvalue weighted by molar-refractivity contribution is 5.85. The minimum Gasteiger partial charge on any atom is -0.496 e. The first-order chi connectivity index (χ1) is 8.60. The molecular formula is C13H20ClFN2O2. The Morgan fingerprint density at radius 1 is 1.47 bits per heavy atom. The van der Waals surface area contributed by atoms with Gasteiger partial charge in [0.25, 0.3) is 0 Å². The summed E-state index contributed by atoms with van der Waals surface area (Å²) in [5.74, 6) is -0.0608. The van der Waals surface area contributed by atoms with E-state index < -0.39 is 6.04 Å². The third-order valence-electron chi connectivity index (χ3n) is 2.65. The Morgan fingerprint density at radius 3 is 2.74 bits per heavy atom. The molecule has 0 aliphatic rings. The molecule has 0 aromatic heterocycles. The quantitative estimate of drug-likeness (QED) is 0.843. The monoisotopic (exact) mass is 290 g/mol. The summed E-state index contributed by atoms with van der Waals surface area (Å²) in [5, 5.41) is 5.63. The van der Waals surface area contributed by atoms with Crippen LogP contribution < -0.4 is 15.4 Å². The second-order valence-corrected chi connectivity index (χ2v) is 4.00. The molecule has 4 nitrogen and oxygen atoms in total. The van der Waals surface area contributed by atoms with Crippen LogP contribution in [-0.4, -0.2) is 26.6 Å². The maximum Gasteiger partial charge on any atom is 0.221 e. The van der Waals surface area contributed by atoms with Crippen LogP contribution in [0.25, 0.3) is 0 Å². The molecule has 1 atom stereocenters. The first kappa shape index (κ1) is 17.7. The maximum atomic E-state index is 13.7. The first-order valence-electron chi connectivity index (χ1n) is 5.86. The zero-order valence-electron chi connectivity index (χ0n) is 11.3. The summed E-state index contributed by atoms with van der Waals surface area (Å²) >= 11 is 0. The standard InChI is InChI=1S/C13H19FN2O2.ClH/c1-9(16-12(17)7-8-15-2)13-10(14)5-4-6-11(13)18-3;/h4-6,9,15H,7-8H2,1-3H3,(H,16,17);1H. The van der Waals surface area contributed by atoms with Crippen molar-refractivity contribution in [2.75, 3.05) is 20.7 Å². The van der Waals surface area contributed by atoms with Gasteiger partial charge in [-0.1, -0.05) is 6.07 Å². The largest absolute Gasteiger partial charge is 0.496 e. The molecule has 1 unspecified atom stereocenters. The summed E-state index contributed by atoms with van der Waals surface area (Å²) in [6.07, 6.45) is 0.359. The van der Waals surface area contributed by atoms with Crippen molar-refractivity contribution in [1.29, 1.82) is 0 Å². The van der Waals surface area contributed by atoms with Gasteiger partial charge in [0, 0.05) is 13.0 Å². The Balaban J connectivity index is 0.00000324. The van der Waals surface area contributed by atoms with Crippen molar-refractivity contribution in [2.24, 2.45) is 0 Å². The fraction of sp³-hybridized carbons (Fsp3) is 0.462. The molecule has 0 fully saturated rings. The van der Waals surface area contributed by atoms with Crippen LogP contribution in [0.2, 0.25) is 0 Å². The number of hydrogen-bond donors (Lipinski definition) is 2. The van der Waals surface area contributed by atoms with Crippen LogP contribution in [0.5, 0.6) is 5.75 Å². The lowest BCUT2D eigenvalue weighted by Gasteiger charge is -2.18. The number of benzene rings is 1. The van der Waals surface area contributed by atoms with Gasteiger partial charge in [-0.3, -0.25) is 4.79 Å². The number of carbonyl (C=O) groups excluding carboxylic acids is 1. The molecule has 1 aromatic carbocycles. The van der Waals surface area contributed by atoms with Crippen LogP contribution in [0.4, 0.5) is 4.39 Å². The summed E-state index contributed by atoms with van der Waals surface area (Å²) in [5.41, 5.74) is 0.373. The van der Waals surface area contributed by atoms with Gasteiger partial charge in [0.15, 0.2) is 0 Å². The van der Waals surface area contributed by atoms with Crippen LogP contribution in [0, 0.1) is 5.82 Å². The third kappa shape index (κ3) is 5.04. The van der Waals surface area contributed by atoms with E-state index in [1.54, 1.807) is 26.1 Å². The Hall–Kier alpha value is -1.33. The number of amides is 1. The number of hydrogen-bond acceptors (Lipinski definition) is 3. The molecule has 1 aromatic rings. The van der Waals surface area contributed by atoms with Crippen LogP contribution >= 0.6 is 12.4 Å². The molecule has 0 radical (unpaired) electrons. The number of rotatable bonds is 6. The highest BCUT2D eigenvalue weighted by Crippen LogP contribution is 2.27. The van der Waals surface area contributed by atoms with Crippen molar-refractivity contribution in [1.82, 2.24) is 10.6 Å². The van der Waals surface area contributed by atoms with Crippen molar-refractivity contribution >= 4 is 18.3 Å². The molecule has 1 rings (SSSR count). The van der Waals surface area contributed by atoms with Gasteiger partial charge < -0.3 is 15.4 Å². The highest BCUT2D eigenvalue weighted by atomic mass is 35.5. The number of carbonyl (C=O) groups is 1. The molecule has 0 aliphatic heterocycles. The summed E-state index contributed by atoms with van der Waals surface area (Å²) in [7, 11) is 3.25. The minimum atomic E-state index is -0.425. The SMILES string of the molecule is CNCCC(=O)NC(C)c1c(F)cccc1OC.Cl. The van der Waals surface area contributed by atoms with E-state index in [9.17, 15) is 9.18 Å². The van der Waals surface area contributed by atoms with Crippen LogP contribution in [0.1, 0.15) is 24.9 Å². The lowest BCUT2D eigenvalue weighted by atomic mass is 10.1. The van der Waals surface area contributed by atoms with Gasteiger partial charge >= 0.3 is 0 Å². The second-order valence-electron chi connectivity index (χ2n) is 4.00. The van der Waals surface area contributed by atoms with Crippen LogP contribution in [0.15, 0.2) is 18.2 Å². The fourth-order valence-corrected chi connectivity index (χ4v) is 1.74. The molecular weight excluding hydrogens is 271 g/mol. The van der Waals surface area contributed by atoms with Crippen molar-refractivity contribution in [3.05, 3.63) is 29.6 Å². The number of methoxy groups -OCH3 is 1. The lowest BCUT2D eigenvalue weighted by Crippen LogP contribution is -2.29. The van der Waals surface area contributed by atoms with Gasteiger partial charge in [0.2, 0.25) is 5.91 Å². The van der Waals surface area contributed by atoms with Crippen molar-refractivity contribution in [3.8, 4) is 5.75 Å². The molecule has 0 saturated heterocycles. The Morgan fingerprint density at radius 2 is 2.16 bits per heavy atom. The van der Waals surface area contributed by atoms with Crippen LogP contribution in [-0.2, 0) is 4.79 Å². The van der Waals surface area contributed by atoms with Crippen molar-refractivity contribution in [3.63, 3.8) is 0 Å². The van der Waals surface area contributed by atoms with E-state index in [4.69, 9.17) is 4.74 Å². The predicted molar refractivity (Wildman–Crippen MR) is 75.3 cm³/mol. The van der Waals surface area contributed by atoms with Crippen molar-refractivity contribution < 1.29 is 13.9 Å². The topological polar surface area (TPSA) is 50.4 Å². The van der Waals surface area contributed by atoms with E-state index in [0.717, 1.165) is 0 Å². The normalized spacial score (nSPS) is 11.4. The Bertz CT molecular complexity index is 416. The summed E-state index contributed by atoms with van der Waals surface area (Å²) in [4.78, 5) is 11.6. The number of ether oxygens (including phenoxy) is 1. The highest BCUT2D eigenvalue weighted by Gasteiger charge is 2.17. The molecule has 0 heterocycles. The Kier molecular flexibility index (Phi) is 8.11. The average molecular weight is 291 g/mol. The van der Waals surface area contributed by atoms with Gasteiger partial charge in [-0.05, 0) is 26.1 Å². The van der Waals surface area contributed by atoms with Gasteiger partial charge in [0.05, 0.1) is 18.7 Å².